The number of halogens is 1. The van der Waals surface area contributed by atoms with Crippen molar-refractivity contribution in [3.05, 3.63) is 22.7 Å². The molecule has 0 N–H and O–H groups in total. The van der Waals surface area contributed by atoms with Crippen molar-refractivity contribution in [1.82, 2.24) is 19.6 Å². The van der Waals surface area contributed by atoms with E-state index in [9.17, 15) is 0 Å². The van der Waals surface area contributed by atoms with E-state index in [4.69, 9.17) is 11.6 Å². The van der Waals surface area contributed by atoms with Crippen molar-refractivity contribution in [1.29, 1.82) is 0 Å². The molecular formula is C8H7ClN4S. The number of nitrogens with zero attached hydrogens (tertiary/aromatic N) is 4. The molecule has 0 atom stereocenters. The summed E-state index contributed by atoms with van der Waals surface area (Å²) in [6.45, 7) is 3.77. The summed E-state index contributed by atoms with van der Waals surface area (Å²) in [5.41, 5.74) is 2.64. The Balaban J connectivity index is 2.55. The molecule has 0 radical (unpaired) electrons. The lowest BCUT2D eigenvalue weighted by Crippen LogP contribution is -1.93. The Labute approximate surface area is 90.2 Å². The molecular weight excluding hydrogens is 220 g/mol. The molecule has 14 heavy (non-hydrogen) atoms. The molecule has 0 spiro atoms. The Morgan fingerprint density at radius 3 is 2.71 bits per heavy atom. The van der Waals surface area contributed by atoms with Gasteiger partial charge in [-0.1, -0.05) is 0 Å². The average Bonchev–Trinajstić information content (AvgIpc) is 2.56. The summed E-state index contributed by atoms with van der Waals surface area (Å²) in [4.78, 5) is 4.09. The largest absolute Gasteiger partial charge is 0.234 e. The summed E-state index contributed by atoms with van der Waals surface area (Å²) in [7, 11) is 0. The Morgan fingerprint density at radius 2 is 2.07 bits per heavy atom. The summed E-state index contributed by atoms with van der Waals surface area (Å²) in [5, 5.41) is 9.01. The van der Waals surface area contributed by atoms with Crippen molar-refractivity contribution >= 4 is 23.1 Å². The third-order valence-electron chi connectivity index (χ3n) is 1.73. The van der Waals surface area contributed by atoms with Gasteiger partial charge in [-0.3, -0.25) is 0 Å². The number of hydrogen-bond acceptors (Lipinski definition) is 5. The van der Waals surface area contributed by atoms with E-state index in [2.05, 4.69) is 19.6 Å². The van der Waals surface area contributed by atoms with E-state index in [-0.39, 0.29) is 5.28 Å². The molecule has 2 aromatic rings. The maximum absolute atomic E-state index is 5.65. The van der Waals surface area contributed by atoms with E-state index in [1.54, 1.807) is 0 Å². The maximum atomic E-state index is 5.65. The van der Waals surface area contributed by atoms with Gasteiger partial charge in [-0.25, -0.2) is 4.98 Å². The van der Waals surface area contributed by atoms with Crippen LogP contribution in [0.4, 0.5) is 0 Å². The third kappa shape index (κ3) is 1.73. The van der Waals surface area contributed by atoms with E-state index in [0.29, 0.717) is 0 Å². The highest BCUT2D eigenvalue weighted by Crippen LogP contribution is 2.25. The molecule has 0 saturated heterocycles. The van der Waals surface area contributed by atoms with Crippen LogP contribution in [0.25, 0.3) is 10.6 Å². The normalized spacial score (nSPS) is 10.5. The molecule has 0 amide bonds. The molecule has 0 saturated carbocycles. The summed E-state index contributed by atoms with van der Waals surface area (Å²) in [5.74, 6) is 0. The van der Waals surface area contributed by atoms with Gasteiger partial charge < -0.3 is 0 Å². The van der Waals surface area contributed by atoms with Crippen molar-refractivity contribution in [2.24, 2.45) is 0 Å². The van der Waals surface area contributed by atoms with E-state index in [1.807, 2.05) is 19.9 Å². The highest BCUT2D eigenvalue weighted by atomic mass is 35.5. The molecule has 0 aliphatic carbocycles. The van der Waals surface area contributed by atoms with Crippen LogP contribution < -0.4 is 0 Å². The SMILES string of the molecule is Cc1cc(-c2nc(Cl)ns2)c(C)nn1. The van der Waals surface area contributed by atoms with Crippen LogP contribution in [0.1, 0.15) is 11.4 Å². The monoisotopic (exact) mass is 226 g/mol. The van der Waals surface area contributed by atoms with Crippen molar-refractivity contribution in [3.8, 4) is 10.6 Å². The summed E-state index contributed by atoms with van der Waals surface area (Å²) in [6.07, 6.45) is 0. The van der Waals surface area contributed by atoms with Crippen LogP contribution in [-0.4, -0.2) is 19.6 Å². The Hall–Kier alpha value is -1.07. The van der Waals surface area contributed by atoms with E-state index < -0.39 is 0 Å². The van der Waals surface area contributed by atoms with Crippen LogP contribution in [0.15, 0.2) is 6.07 Å². The smallest absolute Gasteiger partial charge is 0.204 e. The first kappa shape index (κ1) is 9.48. The zero-order valence-electron chi connectivity index (χ0n) is 7.65. The molecule has 0 aliphatic heterocycles. The fraction of sp³-hybridized carbons (Fsp3) is 0.250. The predicted octanol–water partition coefficient (Wildman–Crippen LogP) is 2.27. The minimum atomic E-state index is 0.277. The molecule has 2 aromatic heterocycles. The van der Waals surface area contributed by atoms with Gasteiger partial charge in [0.1, 0.15) is 5.01 Å². The van der Waals surface area contributed by atoms with Crippen molar-refractivity contribution in [2.75, 3.05) is 0 Å². The van der Waals surface area contributed by atoms with Gasteiger partial charge in [0, 0.05) is 5.56 Å². The van der Waals surface area contributed by atoms with E-state index in [1.165, 1.54) is 11.5 Å². The molecule has 72 valence electrons. The molecule has 4 nitrogen and oxygen atoms in total. The summed E-state index contributed by atoms with van der Waals surface area (Å²) < 4.78 is 3.91. The zero-order valence-corrected chi connectivity index (χ0v) is 9.22. The third-order valence-corrected chi connectivity index (χ3v) is 2.75. The number of rotatable bonds is 1. The van der Waals surface area contributed by atoms with Gasteiger partial charge in [0.2, 0.25) is 5.28 Å². The maximum Gasteiger partial charge on any atom is 0.234 e. The summed E-state index contributed by atoms with van der Waals surface area (Å²) >= 11 is 6.92. The topological polar surface area (TPSA) is 51.6 Å². The molecule has 0 aromatic carbocycles. The van der Waals surface area contributed by atoms with Gasteiger partial charge in [0.15, 0.2) is 0 Å². The lowest BCUT2D eigenvalue weighted by atomic mass is 10.2. The van der Waals surface area contributed by atoms with Crippen LogP contribution in [0.2, 0.25) is 5.28 Å². The average molecular weight is 227 g/mol. The van der Waals surface area contributed by atoms with Gasteiger partial charge in [-0.05, 0) is 43.0 Å². The first-order chi connectivity index (χ1) is 6.66. The highest BCUT2D eigenvalue weighted by Gasteiger charge is 2.09. The first-order valence-corrected chi connectivity index (χ1v) is 5.12. The van der Waals surface area contributed by atoms with Gasteiger partial charge in [0.05, 0.1) is 11.4 Å². The Kier molecular flexibility index (Phi) is 2.43. The fourth-order valence-corrected chi connectivity index (χ4v) is 1.95. The van der Waals surface area contributed by atoms with Crippen LogP contribution in [-0.2, 0) is 0 Å². The van der Waals surface area contributed by atoms with Gasteiger partial charge in [-0.15, -0.1) is 0 Å². The van der Waals surface area contributed by atoms with Crippen LogP contribution in [0, 0.1) is 13.8 Å². The Bertz CT molecular complexity index is 468. The van der Waals surface area contributed by atoms with Gasteiger partial charge >= 0.3 is 0 Å². The first-order valence-electron chi connectivity index (χ1n) is 3.97. The zero-order chi connectivity index (χ0) is 10.1. The number of hydrogen-bond donors (Lipinski definition) is 0. The highest BCUT2D eigenvalue weighted by molar-refractivity contribution is 7.09. The van der Waals surface area contributed by atoms with E-state index in [0.717, 1.165) is 22.0 Å². The van der Waals surface area contributed by atoms with E-state index >= 15 is 0 Å². The molecule has 2 rings (SSSR count). The summed E-state index contributed by atoms with van der Waals surface area (Å²) in [6, 6.07) is 1.93. The van der Waals surface area contributed by atoms with Crippen molar-refractivity contribution in [3.63, 3.8) is 0 Å². The van der Waals surface area contributed by atoms with Crippen molar-refractivity contribution < 1.29 is 0 Å². The second kappa shape index (κ2) is 3.59. The second-order valence-corrected chi connectivity index (χ2v) is 3.94. The minimum Gasteiger partial charge on any atom is -0.204 e. The van der Waals surface area contributed by atoms with Crippen LogP contribution >= 0.6 is 23.1 Å². The predicted molar refractivity (Wildman–Crippen MR) is 55.4 cm³/mol. The number of aryl methyl sites for hydroxylation is 2. The standard InChI is InChI=1S/C8H7ClN4S/c1-4-3-6(5(2)12-11-4)7-10-8(9)13-14-7/h3H,1-2H3. The molecule has 0 unspecified atom stereocenters. The molecule has 0 bridgehead atoms. The quantitative estimate of drug-likeness (QED) is 0.749. The van der Waals surface area contributed by atoms with Gasteiger partial charge in [-0.2, -0.15) is 14.6 Å². The fourth-order valence-electron chi connectivity index (χ4n) is 1.08. The molecule has 2 heterocycles. The lowest BCUT2D eigenvalue weighted by Gasteiger charge is -1.99. The van der Waals surface area contributed by atoms with Crippen LogP contribution in [0.5, 0.6) is 0 Å². The Morgan fingerprint density at radius 1 is 1.29 bits per heavy atom. The van der Waals surface area contributed by atoms with Crippen molar-refractivity contribution in [2.45, 2.75) is 13.8 Å². The second-order valence-electron chi connectivity index (χ2n) is 2.85. The minimum absolute atomic E-state index is 0.277. The molecule has 0 aliphatic rings. The lowest BCUT2D eigenvalue weighted by molar-refractivity contribution is 0.943. The van der Waals surface area contributed by atoms with Gasteiger partial charge in [0.25, 0.3) is 0 Å². The number of aromatic nitrogens is 4. The molecule has 6 heteroatoms. The molecule has 0 fully saturated rings. The van der Waals surface area contributed by atoms with Crippen LogP contribution in [0.3, 0.4) is 0 Å².